The van der Waals surface area contributed by atoms with Crippen molar-refractivity contribution in [3.05, 3.63) is 23.8 Å². The number of esters is 1. The molecule has 2 heterocycles. The van der Waals surface area contributed by atoms with Crippen LogP contribution in [0.2, 0.25) is 0 Å². The second-order valence-corrected chi connectivity index (χ2v) is 7.99. The van der Waals surface area contributed by atoms with Gasteiger partial charge in [0.05, 0.1) is 24.1 Å². The molecule has 2 aliphatic heterocycles. The minimum absolute atomic E-state index is 0.0236. The highest BCUT2D eigenvalue weighted by molar-refractivity contribution is 7.92. The van der Waals surface area contributed by atoms with Gasteiger partial charge < -0.3 is 9.64 Å². The van der Waals surface area contributed by atoms with Crippen LogP contribution >= 0.6 is 0 Å². The Morgan fingerprint density at radius 1 is 1.08 bits per heavy atom. The average Bonchev–Trinajstić information content (AvgIpc) is 2.99. The molecular weight excluding hydrogens is 332 g/mol. The number of anilines is 2. The highest BCUT2D eigenvalue weighted by atomic mass is 32.2. The van der Waals surface area contributed by atoms with Gasteiger partial charge in [0.25, 0.3) is 0 Å². The lowest BCUT2D eigenvalue weighted by Gasteiger charge is -2.29. The molecule has 0 radical (unpaired) electrons. The fraction of sp³-hybridized carbons (Fsp3) is 0.500. The quantitative estimate of drug-likeness (QED) is 0.770. The molecule has 0 N–H and O–H groups in total. The standard InChI is InChI=1S/C16H20N2O5S/c1-23-16(20)12-9-13(17-6-4-5-15(17)19)11-14(10-12)18-7-2-3-8-24(18,21)22/h9-11H,2-8H2,1H3. The fourth-order valence-corrected chi connectivity index (χ4v) is 4.75. The Kier molecular flexibility index (Phi) is 4.49. The molecule has 3 rings (SSSR count). The van der Waals surface area contributed by atoms with E-state index in [4.69, 9.17) is 4.74 Å². The Balaban J connectivity index is 2.08. The predicted octanol–water partition coefficient (Wildman–Crippen LogP) is 1.53. The van der Waals surface area contributed by atoms with Crippen LogP contribution in [0.25, 0.3) is 0 Å². The summed E-state index contributed by atoms with van der Waals surface area (Å²) in [4.78, 5) is 25.6. The topological polar surface area (TPSA) is 84.0 Å². The molecule has 0 bridgehead atoms. The summed E-state index contributed by atoms with van der Waals surface area (Å²) in [6.07, 6.45) is 2.60. The second kappa shape index (κ2) is 6.43. The zero-order chi connectivity index (χ0) is 17.3. The number of benzene rings is 1. The number of amides is 1. The van der Waals surface area contributed by atoms with Crippen LogP contribution < -0.4 is 9.21 Å². The lowest BCUT2D eigenvalue weighted by molar-refractivity contribution is -0.117. The summed E-state index contributed by atoms with van der Waals surface area (Å²) in [5, 5.41) is 0. The van der Waals surface area contributed by atoms with Crippen molar-refractivity contribution < 1.29 is 22.7 Å². The zero-order valence-corrected chi connectivity index (χ0v) is 14.3. The maximum absolute atomic E-state index is 12.4. The van der Waals surface area contributed by atoms with Gasteiger partial charge in [-0.25, -0.2) is 13.2 Å². The van der Waals surface area contributed by atoms with Gasteiger partial charge in [-0.1, -0.05) is 0 Å². The van der Waals surface area contributed by atoms with Gasteiger partial charge in [0.15, 0.2) is 0 Å². The molecular formula is C16H20N2O5S. The average molecular weight is 352 g/mol. The van der Waals surface area contributed by atoms with E-state index in [2.05, 4.69) is 0 Å². The molecule has 0 spiro atoms. The number of ether oxygens (including phenoxy) is 1. The highest BCUT2D eigenvalue weighted by Gasteiger charge is 2.29. The second-order valence-electron chi connectivity index (χ2n) is 5.97. The lowest BCUT2D eigenvalue weighted by atomic mass is 10.1. The van der Waals surface area contributed by atoms with Crippen molar-refractivity contribution in [3.8, 4) is 0 Å². The largest absolute Gasteiger partial charge is 0.465 e. The van der Waals surface area contributed by atoms with Gasteiger partial charge in [-0.05, 0) is 37.5 Å². The number of carbonyl (C=O) groups excluding carboxylic acids is 2. The van der Waals surface area contributed by atoms with Gasteiger partial charge >= 0.3 is 5.97 Å². The number of hydrogen-bond acceptors (Lipinski definition) is 5. The van der Waals surface area contributed by atoms with E-state index < -0.39 is 16.0 Å². The predicted molar refractivity (Wildman–Crippen MR) is 89.7 cm³/mol. The molecule has 1 amide bonds. The van der Waals surface area contributed by atoms with Gasteiger partial charge in [0.2, 0.25) is 15.9 Å². The van der Waals surface area contributed by atoms with E-state index in [9.17, 15) is 18.0 Å². The van der Waals surface area contributed by atoms with E-state index in [0.29, 0.717) is 37.3 Å². The SMILES string of the molecule is COC(=O)c1cc(N2CCCC2=O)cc(N2CCCCS2(=O)=O)c1. The highest BCUT2D eigenvalue weighted by Crippen LogP contribution is 2.31. The summed E-state index contributed by atoms with van der Waals surface area (Å²) in [6, 6.07) is 4.76. The number of rotatable bonds is 3. The molecule has 1 aromatic carbocycles. The molecule has 0 unspecified atom stereocenters. The molecule has 8 heteroatoms. The Morgan fingerprint density at radius 2 is 1.83 bits per heavy atom. The van der Waals surface area contributed by atoms with Crippen molar-refractivity contribution >= 4 is 33.3 Å². The van der Waals surface area contributed by atoms with Crippen LogP contribution in [0, 0.1) is 0 Å². The Hall–Kier alpha value is -2.09. The van der Waals surface area contributed by atoms with Gasteiger partial charge in [0.1, 0.15) is 0 Å². The first kappa shape index (κ1) is 16.8. The molecule has 2 aliphatic rings. The molecule has 0 saturated carbocycles. The molecule has 2 fully saturated rings. The van der Waals surface area contributed by atoms with Gasteiger partial charge in [-0.3, -0.25) is 9.10 Å². The number of hydrogen-bond donors (Lipinski definition) is 0. The first-order valence-electron chi connectivity index (χ1n) is 7.96. The number of nitrogens with zero attached hydrogens (tertiary/aromatic N) is 2. The van der Waals surface area contributed by atoms with Crippen LogP contribution in [0.3, 0.4) is 0 Å². The molecule has 0 atom stereocenters. The smallest absolute Gasteiger partial charge is 0.337 e. The van der Waals surface area contributed by atoms with E-state index >= 15 is 0 Å². The van der Waals surface area contributed by atoms with E-state index in [1.807, 2.05) is 0 Å². The maximum Gasteiger partial charge on any atom is 0.337 e. The minimum Gasteiger partial charge on any atom is -0.465 e. The maximum atomic E-state index is 12.4. The monoisotopic (exact) mass is 352 g/mol. The summed E-state index contributed by atoms with van der Waals surface area (Å²) in [6.45, 7) is 0.940. The molecule has 2 saturated heterocycles. The van der Waals surface area contributed by atoms with Gasteiger partial charge in [-0.15, -0.1) is 0 Å². The van der Waals surface area contributed by atoms with Crippen molar-refractivity contribution in [2.24, 2.45) is 0 Å². The van der Waals surface area contributed by atoms with Gasteiger partial charge in [-0.2, -0.15) is 0 Å². The Labute approximate surface area is 141 Å². The molecule has 0 aromatic heterocycles. The third-order valence-corrected chi connectivity index (χ3v) is 6.22. The summed E-state index contributed by atoms with van der Waals surface area (Å²) < 4.78 is 30.8. The van der Waals surface area contributed by atoms with Crippen LogP contribution in [-0.4, -0.2) is 46.2 Å². The van der Waals surface area contributed by atoms with Crippen LogP contribution in [-0.2, 0) is 19.6 Å². The van der Waals surface area contributed by atoms with Crippen molar-refractivity contribution in [3.63, 3.8) is 0 Å². The van der Waals surface area contributed by atoms with Crippen molar-refractivity contribution in [2.75, 3.05) is 35.2 Å². The van der Waals surface area contributed by atoms with E-state index in [1.54, 1.807) is 17.0 Å². The van der Waals surface area contributed by atoms with Crippen LogP contribution in [0.1, 0.15) is 36.0 Å². The van der Waals surface area contributed by atoms with Crippen LogP contribution in [0.5, 0.6) is 0 Å². The van der Waals surface area contributed by atoms with Crippen LogP contribution in [0.4, 0.5) is 11.4 Å². The Bertz CT molecular complexity index is 775. The zero-order valence-electron chi connectivity index (χ0n) is 13.5. The molecule has 1 aromatic rings. The summed E-state index contributed by atoms with van der Waals surface area (Å²) in [5.41, 5.74) is 1.19. The first-order chi connectivity index (χ1) is 11.4. The summed E-state index contributed by atoms with van der Waals surface area (Å²) >= 11 is 0. The lowest BCUT2D eigenvalue weighted by Crippen LogP contribution is -2.38. The third-order valence-electron chi connectivity index (χ3n) is 4.35. The van der Waals surface area contributed by atoms with E-state index in [-0.39, 0.29) is 17.2 Å². The third kappa shape index (κ3) is 3.10. The van der Waals surface area contributed by atoms with Crippen molar-refractivity contribution in [1.82, 2.24) is 0 Å². The normalized spacial score (nSPS) is 20.3. The van der Waals surface area contributed by atoms with Crippen LogP contribution in [0.15, 0.2) is 18.2 Å². The molecule has 0 aliphatic carbocycles. The fourth-order valence-electron chi connectivity index (χ4n) is 3.13. The number of carbonyl (C=O) groups is 2. The molecule has 24 heavy (non-hydrogen) atoms. The minimum atomic E-state index is -3.40. The number of methoxy groups -OCH3 is 1. The van der Waals surface area contributed by atoms with E-state index in [1.165, 1.54) is 17.5 Å². The molecule has 7 nitrogen and oxygen atoms in total. The van der Waals surface area contributed by atoms with E-state index in [0.717, 1.165) is 12.8 Å². The number of sulfonamides is 1. The van der Waals surface area contributed by atoms with Gasteiger partial charge in [0, 0.05) is 25.2 Å². The Morgan fingerprint density at radius 3 is 2.46 bits per heavy atom. The molecule has 130 valence electrons. The first-order valence-corrected chi connectivity index (χ1v) is 9.57. The van der Waals surface area contributed by atoms with Crippen molar-refractivity contribution in [1.29, 1.82) is 0 Å². The summed E-state index contributed by atoms with van der Waals surface area (Å²) in [7, 11) is -2.13. The summed E-state index contributed by atoms with van der Waals surface area (Å²) in [5.74, 6) is -0.489. The van der Waals surface area contributed by atoms with Crippen molar-refractivity contribution in [2.45, 2.75) is 25.7 Å².